The molecule has 0 bridgehead atoms. The molecular formula is C9H10O2. The molecule has 0 amide bonds. The van der Waals surface area contributed by atoms with Crippen molar-refractivity contribution in [1.29, 1.82) is 0 Å². The molecule has 0 atom stereocenters. The zero-order valence-electron chi connectivity index (χ0n) is 6.41. The molecule has 0 aliphatic carbocycles. The lowest BCUT2D eigenvalue weighted by atomic mass is 10.2. The molecule has 0 aliphatic rings. The Labute approximate surface area is 65.8 Å². The lowest BCUT2D eigenvalue weighted by molar-refractivity contribution is -0.107. The minimum atomic E-state index is 0.456. The van der Waals surface area contributed by atoms with Crippen LogP contribution in [0.4, 0.5) is 0 Å². The molecule has 2 nitrogen and oxygen atoms in total. The van der Waals surface area contributed by atoms with E-state index in [1.165, 1.54) is 0 Å². The normalized spacial score (nSPS) is 9.18. The zero-order valence-corrected chi connectivity index (χ0v) is 6.41. The van der Waals surface area contributed by atoms with E-state index in [-0.39, 0.29) is 0 Å². The van der Waals surface area contributed by atoms with E-state index in [0.29, 0.717) is 6.42 Å². The SMILES string of the molecule is COc1cccc(CC=O)c1. The van der Waals surface area contributed by atoms with Crippen LogP contribution >= 0.6 is 0 Å². The molecule has 0 aromatic heterocycles. The van der Waals surface area contributed by atoms with Crippen molar-refractivity contribution in [3.8, 4) is 5.75 Å². The summed E-state index contributed by atoms with van der Waals surface area (Å²) >= 11 is 0. The maximum Gasteiger partial charge on any atom is 0.124 e. The first-order valence-electron chi connectivity index (χ1n) is 3.43. The summed E-state index contributed by atoms with van der Waals surface area (Å²) in [5, 5.41) is 0. The average Bonchev–Trinajstić information content (AvgIpc) is 2.06. The number of carbonyl (C=O) groups is 1. The number of hydrogen-bond acceptors (Lipinski definition) is 2. The summed E-state index contributed by atoms with van der Waals surface area (Å²) in [7, 11) is 1.61. The summed E-state index contributed by atoms with van der Waals surface area (Å²) in [6, 6.07) is 7.48. The van der Waals surface area contributed by atoms with Crippen LogP contribution in [0.5, 0.6) is 5.75 Å². The highest BCUT2D eigenvalue weighted by molar-refractivity contribution is 5.55. The Bertz CT molecular complexity index is 243. The van der Waals surface area contributed by atoms with Crippen molar-refractivity contribution in [2.24, 2.45) is 0 Å². The predicted octanol–water partition coefficient (Wildman–Crippen LogP) is 1.44. The molecule has 0 spiro atoms. The molecule has 1 rings (SSSR count). The van der Waals surface area contributed by atoms with Crippen molar-refractivity contribution in [3.05, 3.63) is 29.8 Å². The van der Waals surface area contributed by atoms with E-state index < -0.39 is 0 Å². The van der Waals surface area contributed by atoms with E-state index in [1.807, 2.05) is 24.3 Å². The molecule has 0 saturated carbocycles. The molecule has 1 aromatic carbocycles. The van der Waals surface area contributed by atoms with Crippen LogP contribution < -0.4 is 4.74 Å². The standard InChI is InChI=1S/C9H10O2/c1-11-9-4-2-3-8(7-9)5-6-10/h2-4,6-7H,5H2,1H3. The molecule has 0 saturated heterocycles. The first-order chi connectivity index (χ1) is 5.36. The number of rotatable bonds is 3. The Morgan fingerprint density at radius 2 is 2.36 bits per heavy atom. The van der Waals surface area contributed by atoms with Gasteiger partial charge in [0, 0.05) is 6.42 Å². The first-order valence-corrected chi connectivity index (χ1v) is 3.43. The molecule has 0 unspecified atom stereocenters. The molecular weight excluding hydrogens is 140 g/mol. The van der Waals surface area contributed by atoms with Gasteiger partial charge in [0.1, 0.15) is 12.0 Å². The zero-order chi connectivity index (χ0) is 8.10. The molecule has 0 radical (unpaired) electrons. The lowest BCUT2D eigenvalue weighted by Crippen LogP contribution is -1.87. The molecule has 0 N–H and O–H groups in total. The van der Waals surface area contributed by atoms with Crippen LogP contribution in [0.2, 0.25) is 0 Å². The highest BCUT2D eigenvalue weighted by Crippen LogP contribution is 2.11. The number of methoxy groups -OCH3 is 1. The number of benzene rings is 1. The van der Waals surface area contributed by atoms with Gasteiger partial charge in [0.2, 0.25) is 0 Å². The number of carbonyl (C=O) groups excluding carboxylic acids is 1. The molecule has 11 heavy (non-hydrogen) atoms. The van der Waals surface area contributed by atoms with Crippen LogP contribution in [0.15, 0.2) is 24.3 Å². The Morgan fingerprint density at radius 1 is 1.55 bits per heavy atom. The molecule has 0 aliphatic heterocycles. The molecule has 1 aromatic rings. The first kappa shape index (κ1) is 7.79. The van der Waals surface area contributed by atoms with Crippen molar-refractivity contribution in [2.45, 2.75) is 6.42 Å². The fraction of sp³-hybridized carbons (Fsp3) is 0.222. The summed E-state index contributed by atoms with van der Waals surface area (Å²) in [5.41, 5.74) is 0.986. The van der Waals surface area contributed by atoms with Gasteiger partial charge in [-0.2, -0.15) is 0 Å². The summed E-state index contributed by atoms with van der Waals surface area (Å²) in [6.07, 6.45) is 1.34. The van der Waals surface area contributed by atoms with E-state index in [1.54, 1.807) is 7.11 Å². The predicted molar refractivity (Wildman–Crippen MR) is 42.8 cm³/mol. The van der Waals surface area contributed by atoms with Crippen molar-refractivity contribution >= 4 is 6.29 Å². The lowest BCUT2D eigenvalue weighted by Gasteiger charge is -1.99. The molecule has 0 heterocycles. The third-order valence-corrected chi connectivity index (χ3v) is 1.45. The quantitative estimate of drug-likeness (QED) is 0.609. The van der Waals surface area contributed by atoms with Crippen molar-refractivity contribution in [3.63, 3.8) is 0 Å². The summed E-state index contributed by atoms with van der Waals surface area (Å²) in [6.45, 7) is 0. The number of hydrogen-bond donors (Lipinski definition) is 0. The smallest absolute Gasteiger partial charge is 0.124 e. The van der Waals surface area contributed by atoms with Gasteiger partial charge in [0.05, 0.1) is 7.11 Å². The van der Waals surface area contributed by atoms with Gasteiger partial charge < -0.3 is 9.53 Å². The van der Waals surface area contributed by atoms with Gasteiger partial charge in [-0.3, -0.25) is 0 Å². The third kappa shape index (κ3) is 2.08. The maximum atomic E-state index is 10.1. The van der Waals surface area contributed by atoms with Crippen molar-refractivity contribution in [1.82, 2.24) is 0 Å². The van der Waals surface area contributed by atoms with Gasteiger partial charge in [-0.1, -0.05) is 12.1 Å². The highest BCUT2D eigenvalue weighted by Gasteiger charge is 1.92. The largest absolute Gasteiger partial charge is 0.497 e. The van der Waals surface area contributed by atoms with Gasteiger partial charge in [-0.25, -0.2) is 0 Å². The Balaban J connectivity index is 2.82. The third-order valence-electron chi connectivity index (χ3n) is 1.45. The van der Waals surface area contributed by atoms with Gasteiger partial charge in [-0.05, 0) is 17.7 Å². The minimum absolute atomic E-state index is 0.456. The van der Waals surface area contributed by atoms with Crippen LogP contribution in [0, 0.1) is 0 Å². The highest BCUT2D eigenvalue weighted by atomic mass is 16.5. The Morgan fingerprint density at radius 3 is 3.00 bits per heavy atom. The fourth-order valence-corrected chi connectivity index (χ4v) is 0.896. The Kier molecular flexibility index (Phi) is 2.66. The van der Waals surface area contributed by atoms with Crippen LogP contribution in [-0.4, -0.2) is 13.4 Å². The van der Waals surface area contributed by atoms with E-state index in [4.69, 9.17) is 4.74 Å². The number of ether oxygens (including phenoxy) is 1. The van der Waals surface area contributed by atoms with Gasteiger partial charge in [0.25, 0.3) is 0 Å². The van der Waals surface area contributed by atoms with Crippen molar-refractivity contribution in [2.75, 3.05) is 7.11 Å². The summed E-state index contributed by atoms with van der Waals surface area (Å²) < 4.78 is 4.99. The van der Waals surface area contributed by atoms with E-state index in [2.05, 4.69) is 0 Å². The van der Waals surface area contributed by atoms with E-state index >= 15 is 0 Å². The Hall–Kier alpha value is -1.31. The van der Waals surface area contributed by atoms with Crippen molar-refractivity contribution < 1.29 is 9.53 Å². The maximum absolute atomic E-state index is 10.1. The van der Waals surface area contributed by atoms with E-state index in [9.17, 15) is 4.79 Å². The molecule has 0 fully saturated rings. The van der Waals surface area contributed by atoms with Crippen LogP contribution in [0.1, 0.15) is 5.56 Å². The second kappa shape index (κ2) is 3.76. The number of aldehydes is 1. The summed E-state index contributed by atoms with van der Waals surface area (Å²) in [5.74, 6) is 0.796. The summed E-state index contributed by atoms with van der Waals surface area (Å²) in [4.78, 5) is 10.1. The molecule has 2 heteroatoms. The second-order valence-electron chi connectivity index (χ2n) is 2.22. The van der Waals surface area contributed by atoms with Gasteiger partial charge >= 0.3 is 0 Å². The second-order valence-corrected chi connectivity index (χ2v) is 2.22. The topological polar surface area (TPSA) is 26.3 Å². The van der Waals surface area contributed by atoms with Gasteiger partial charge in [0.15, 0.2) is 0 Å². The van der Waals surface area contributed by atoms with Crippen LogP contribution in [-0.2, 0) is 11.2 Å². The monoisotopic (exact) mass is 150 g/mol. The fourth-order valence-electron chi connectivity index (χ4n) is 0.896. The average molecular weight is 150 g/mol. The van der Waals surface area contributed by atoms with Crippen LogP contribution in [0.25, 0.3) is 0 Å². The van der Waals surface area contributed by atoms with Gasteiger partial charge in [-0.15, -0.1) is 0 Å². The minimum Gasteiger partial charge on any atom is -0.497 e. The van der Waals surface area contributed by atoms with E-state index in [0.717, 1.165) is 17.6 Å². The molecule has 58 valence electrons. The van der Waals surface area contributed by atoms with Crippen LogP contribution in [0.3, 0.4) is 0 Å².